The molecule has 0 fully saturated rings. The van der Waals surface area contributed by atoms with Gasteiger partial charge in [0.2, 0.25) is 0 Å². The summed E-state index contributed by atoms with van der Waals surface area (Å²) in [6.45, 7) is 0. The molecule has 5 rings (SSSR count). The van der Waals surface area contributed by atoms with E-state index in [1.807, 2.05) is 36.4 Å². The number of rotatable bonds is 3. The van der Waals surface area contributed by atoms with Crippen LogP contribution in [0.3, 0.4) is 0 Å². The average molecular weight is 409 g/mol. The molecule has 0 aliphatic carbocycles. The molecule has 0 aliphatic rings. The molecule has 6 heteroatoms. The smallest absolute Gasteiger partial charge is 0.269 e. The third kappa shape index (κ3) is 3.20. The van der Waals surface area contributed by atoms with Crippen LogP contribution in [-0.4, -0.2) is 10.0 Å². The highest BCUT2D eigenvalue weighted by molar-refractivity contribution is 5.96. The first-order valence-corrected chi connectivity index (χ1v) is 9.55. The number of hydrogen-bond acceptors (Lipinski definition) is 5. The third-order valence-electron chi connectivity index (χ3n) is 5.27. The van der Waals surface area contributed by atoms with E-state index in [0.29, 0.717) is 11.3 Å². The highest BCUT2D eigenvalue weighted by atomic mass is 16.6. The summed E-state index contributed by atoms with van der Waals surface area (Å²) in [6, 6.07) is 24.0. The lowest BCUT2D eigenvalue weighted by molar-refractivity contribution is -0.384. The van der Waals surface area contributed by atoms with Crippen molar-refractivity contribution in [2.75, 3.05) is 0 Å². The molecule has 1 N–H and O–H groups in total. The fraction of sp³-hybridized carbons (Fsp3) is 0. The van der Waals surface area contributed by atoms with Crippen molar-refractivity contribution in [3.63, 3.8) is 0 Å². The molecule has 1 heterocycles. The van der Waals surface area contributed by atoms with Gasteiger partial charge in [0.15, 0.2) is 5.43 Å². The Morgan fingerprint density at radius 2 is 1.48 bits per heavy atom. The van der Waals surface area contributed by atoms with Crippen LogP contribution in [-0.2, 0) is 0 Å². The van der Waals surface area contributed by atoms with Crippen LogP contribution in [0.15, 0.2) is 94.1 Å². The summed E-state index contributed by atoms with van der Waals surface area (Å²) in [5, 5.41) is 23.2. The molecule has 1 aromatic heterocycles. The van der Waals surface area contributed by atoms with Crippen molar-refractivity contribution in [2.24, 2.45) is 0 Å². The number of fused-ring (bicyclic) bond motifs is 2. The summed E-state index contributed by atoms with van der Waals surface area (Å²) in [7, 11) is 0. The minimum absolute atomic E-state index is 0.00111. The van der Waals surface area contributed by atoms with Gasteiger partial charge in [0.05, 0.1) is 4.92 Å². The van der Waals surface area contributed by atoms with Crippen LogP contribution >= 0.6 is 0 Å². The molecular weight excluding hydrogens is 394 g/mol. The van der Waals surface area contributed by atoms with Gasteiger partial charge in [0, 0.05) is 23.8 Å². The fourth-order valence-electron chi connectivity index (χ4n) is 3.77. The topological polar surface area (TPSA) is 93.6 Å². The summed E-state index contributed by atoms with van der Waals surface area (Å²) in [4.78, 5) is 23.3. The van der Waals surface area contributed by atoms with E-state index in [4.69, 9.17) is 4.42 Å². The Balaban J connectivity index is 1.80. The van der Waals surface area contributed by atoms with Gasteiger partial charge >= 0.3 is 0 Å². The SMILES string of the molecule is O=c1cc(-c2cc3ccccc3cc2-c2ccc([N+](=O)[O-])cc2)oc2cccc(O)c12. The molecule has 0 saturated carbocycles. The molecule has 4 aromatic carbocycles. The quantitative estimate of drug-likeness (QED) is 0.296. The number of benzene rings is 4. The highest BCUT2D eigenvalue weighted by Gasteiger charge is 2.16. The van der Waals surface area contributed by atoms with Crippen molar-refractivity contribution in [1.29, 1.82) is 0 Å². The van der Waals surface area contributed by atoms with Crippen LogP contribution in [0, 0.1) is 10.1 Å². The highest BCUT2D eigenvalue weighted by Crippen LogP contribution is 2.37. The zero-order valence-electron chi connectivity index (χ0n) is 16.1. The van der Waals surface area contributed by atoms with Crippen LogP contribution in [0.25, 0.3) is 44.2 Å². The first-order chi connectivity index (χ1) is 15.0. The van der Waals surface area contributed by atoms with Gasteiger partial charge < -0.3 is 9.52 Å². The maximum Gasteiger partial charge on any atom is 0.269 e. The van der Waals surface area contributed by atoms with E-state index in [1.54, 1.807) is 24.3 Å². The molecule has 6 nitrogen and oxygen atoms in total. The first kappa shape index (κ1) is 18.6. The number of phenols is 1. The lowest BCUT2D eigenvalue weighted by atomic mass is 9.94. The maximum absolute atomic E-state index is 12.7. The minimum Gasteiger partial charge on any atom is -0.507 e. The monoisotopic (exact) mass is 409 g/mol. The summed E-state index contributed by atoms with van der Waals surface area (Å²) < 4.78 is 6.01. The van der Waals surface area contributed by atoms with Crippen molar-refractivity contribution in [2.45, 2.75) is 0 Å². The van der Waals surface area contributed by atoms with Crippen molar-refractivity contribution in [1.82, 2.24) is 0 Å². The van der Waals surface area contributed by atoms with Crippen molar-refractivity contribution >= 4 is 27.4 Å². The van der Waals surface area contributed by atoms with E-state index in [0.717, 1.165) is 21.9 Å². The van der Waals surface area contributed by atoms with Crippen LogP contribution in [0.2, 0.25) is 0 Å². The van der Waals surface area contributed by atoms with E-state index in [2.05, 4.69) is 0 Å². The van der Waals surface area contributed by atoms with Crippen LogP contribution in [0.5, 0.6) is 5.75 Å². The Morgan fingerprint density at radius 3 is 2.16 bits per heavy atom. The molecule has 0 spiro atoms. The zero-order valence-corrected chi connectivity index (χ0v) is 16.1. The third-order valence-corrected chi connectivity index (χ3v) is 5.27. The van der Waals surface area contributed by atoms with E-state index >= 15 is 0 Å². The molecular formula is C25H15NO5. The molecule has 0 amide bonds. The molecule has 0 aliphatic heterocycles. The standard InChI is InChI=1S/C25H15NO5/c27-21-6-3-7-23-25(21)22(28)14-24(31-23)20-13-17-5-2-1-4-16(17)12-19(20)15-8-10-18(11-9-15)26(29)30/h1-14,27H. The predicted molar refractivity (Wildman–Crippen MR) is 119 cm³/mol. The second-order valence-electron chi connectivity index (χ2n) is 7.17. The lowest BCUT2D eigenvalue weighted by Gasteiger charge is -2.12. The lowest BCUT2D eigenvalue weighted by Crippen LogP contribution is -2.01. The number of aromatic hydroxyl groups is 1. The Bertz CT molecular complexity index is 1530. The largest absolute Gasteiger partial charge is 0.507 e. The van der Waals surface area contributed by atoms with Crippen LogP contribution in [0.1, 0.15) is 0 Å². The molecule has 0 unspecified atom stereocenters. The molecule has 5 aromatic rings. The number of nitrogens with zero attached hydrogens (tertiary/aromatic N) is 1. The molecule has 0 radical (unpaired) electrons. The van der Waals surface area contributed by atoms with Gasteiger partial charge in [0.25, 0.3) is 5.69 Å². The second kappa shape index (κ2) is 7.11. The predicted octanol–water partition coefficient (Wildman–Crippen LogP) is 5.89. The summed E-state index contributed by atoms with van der Waals surface area (Å²) >= 11 is 0. The minimum atomic E-state index is -0.445. The first-order valence-electron chi connectivity index (χ1n) is 9.55. The van der Waals surface area contributed by atoms with Crippen molar-refractivity contribution in [3.8, 4) is 28.2 Å². The Kier molecular flexibility index (Phi) is 4.26. The fourth-order valence-corrected chi connectivity index (χ4v) is 3.77. The zero-order chi connectivity index (χ0) is 21.5. The van der Waals surface area contributed by atoms with Gasteiger partial charge in [-0.3, -0.25) is 14.9 Å². The van der Waals surface area contributed by atoms with Crippen LogP contribution in [0.4, 0.5) is 5.69 Å². The Hall–Kier alpha value is -4.45. The van der Waals surface area contributed by atoms with Crippen molar-refractivity contribution in [3.05, 3.63) is 105 Å². The normalized spacial score (nSPS) is 11.1. The van der Waals surface area contributed by atoms with E-state index in [-0.39, 0.29) is 27.8 Å². The molecule has 0 saturated heterocycles. The second-order valence-corrected chi connectivity index (χ2v) is 7.17. The summed E-state index contributed by atoms with van der Waals surface area (Å²) in [6.07, 6.45) is 0. The van der Waals surface area contributed by atoms with Gasteiger partial charge in [-0.05, 0) is 58.3 Å². The van der Waals surface area contributed by atoms with Gasteiger partial charge in [-0.25, -0.2) is 0 Å². The molecule has 0 atom stereocenters. The van der Waals surface area contributed by atoms with E-state index in [9.17, 15) is 20.0 Å². The number of nitro groups is 1. The summed E-state index contributed by atoms with van der Waals surface area (Å²) in [5.74, 6) is 0.217. The van der Waals surface area contributed by atoms with Crippen LogP contribution < -0.4 is 5.43 Å². The van der Waals surface area contributed by atoms with Gasteiger partial charge in [-0.2, -0.15) is 0 Å². The Morgan fingerprint density at radius 1 is 0.806 bits per heavy atom. The number of non-ortho nitro benzene ring substituents is 1. The molecule has 150 valence electrons. The summed E-state index contributed by atoms with van der Waals surface area (Å²) in [5.41, 5.74) is 2.14. The number of hydrogen-bond donors (Lipinski definition) is 1. The molecule has 31 heavy (non-hydrogen) atoms. The maximum atomic E-state index is 12.7. The molecule has 0 bridgehead atoms. The van der Waals surface area contributed by atoms with Gasteiger partial charge in [-0.1, -0.05) is 30.3 Å². The van der Waals surface area contributed by atoms with Gasteiger partial charge in [0.1, 0.15) is 22.5 Å². The Labute approximate surface area is 175 Å². The van der Waals surface area contributed by atoms with Crippen molar-refractivity contribution < 1.29 is 14.4 Å². The van der Waals surface area contributed by atoms with E-state index in [1.165, 1.54) is 24.3 Å². The number of phenolic OH excluding ortho intramolecular Hbond substituents is 1. The number of nitro benzene ring substituents is 1. The van der Waals surface area contributed by atoms with Gasteiger partial charge in [-0.15, -0.1) is 0 Å². The van der Waals surface area contributed by atoms with E-state index < -0.39 is 4.92 Å². The average Bonchev–Trinajstić information content (AvgIpc) is 2.78.